The monoisotopic (exact) mass is 365 g/mol. The fourth-order valence-electron chi connectivity index (χ4n) is 1.94. The van der Waals surface area contributed by atoms with Crippen LogP contribution in [0.1, 0.15) is 16.7 Å². The molecule has 23 heavy (non-hydrogen) atoms. The van der Waals surface area contributed by atoms with E-state index in [-0.39, 0.29) is 10.6 Å². The molecule has 9 heteroatoms. The van der Waals surface area contributed by atoms with Crippen molar-refractivity contribution in [3.8, 4) is 11.6 Å². The first kappa shape index (κ1) is 17.6. The molecule has 2 rings (SSSR count). The summed E-state index contributed by atoms with van der Waals surface area (Å²) >= 11 is 0. The van der Waals surface area contributed by atoms with Gasteiger partial charge in [-0.1, -0.05) is 0 Å². The standard InChI is InChI=1S/C14H11ClF3NO3S/c1-8-9(2)12(23(15,20)21)6-5-11(8)22-13-10(14(16,17)18)4-3-7-19-13/h3-7H,1-2H3. The lowest BCUT2D eigenvalue weighted by molar-refractivity contribution is -0.138. The molecule has 0 spiro atoms. The third-order valence-electron chi connectivity index (χ3n) is 3.23. The topological polar surface area (TPSA) is 56.3 Å². The van der Waals surface area contributed by atoms with Crippen molar-refractivity contribution in [2.45, 2.75) is 24.9 Å². The van der Waals surface area contributed by atoms with Crippen molar-refractivity contribution in [2.75, 3.05) is 0 Å². The second-order valence-corrected chi connectivity index (χ2v) is 7.24. The molecule has 124 valence electrons. The lowest BCUT2D eigenvalue weighted by Crippen LogP contribution is -2.08. The number of hydrogen-bond donors (Lipinski definition) is 0. The highest BCUT2D eigenvalue weighted by Crippen LogP contribution is 2.38. The molecular weight excluding hydrogens is 355 g/mol. The number of benzene rings is 1. The van der Waals surface area contributed by atoms with Gasteiger partial charge in [-0.25, -0.2) is 13.4 Å². The Morgan fingerprint density at radius 1 is 1.13 bits per heavy atom. The molecule has 1 aromatic heterocycles. The van der Waals surface area contributed by atoms with Gasteiger partial charge < -0.3 is 4.74 Å². The van der Waals surface area contributed by atoms with Crippen LogP contribution in [0.4, 0.5) is 13.2 Å². The minimum absolute atomic E-state index is 0.0655. The summed E-state index contributed by atoms with van der Waals surface area (Å²) in [6, 6.07) is 4.42. The Morgan fingerprint density at radius 2 is 1.78 bits per heavy atom. The van der Waals surface area contributed by atoms with Crippen LogP contribution < -0.4 is 4.74 Å². The first-order valence-corrected chi connectivity index (χ1v) is 8.57. The molecule has 0 amide bonds. The average Bonchev–Trinajstić information content (AvgIpc) is 2.42. The van der Waals surface area contributed by atoms with Gasteiger partial charge in [-0.05, 0) is 49.2 Å². The van der Waals surface area contributed by atoms with E-state index in [1.165, 1.54) is 32.2 Å². The molecule has 0 atom stereocenters. The van der Waals surface area contributed by atoms with E-state index >= 15 is 0 Å². The number of nitrogens with zero attached hydrogens (tertiary/aromatic N) is 1. The second-order valence-electron chi connectivity index (χ2n) is 4.71. The molecule has 0 radical (unpaired) electrons. The maximum absolute atomic E-state index is 12.9. The molecule has 0 aliphatic carbocycles. The fourth-order valence-corrected chi connectivity index (χ4v) is 3.19. The Labute approximate surface area is 135 Å². The third kappa shape index (κ3) is 3.76. The smallest absolute Gasteiger partial charge is 0.421 e. The predicted octanol–water partition coefficient (Wildman–Crippen LogP) is 4.44. The molecule has 2 aromatic rings. The Bertz CT molecular complexity index is 851. The van der Waals surface area contributed by atoms with E-state index in [0.29, 0.717) is 11.1 Å². The van der Waals surface area contributed by atoms with Crippen LogP contribution in [0, 0.1) is 13.8 Å². The quantitative estimate of drug-likeness (QED) is 0.755. The predicted molar refractivity (Wildman–Crippen MR) is 78.3 cm³/mol. The summed E-state index contributed by atoms with van der Waals surface area (Å²) in [5, 5.41) is 0. The van der Waals surface area contributed by atoms with E-state index < -0.39 is 26.7 Å². The maximum Gasteiger partial charge on any atom is 0.421 e. The van der Waals surface area contributed by atoms with E-state index in [9.17, 15) is 21.6 Å². The molecule has 0 fully saturated rings. The Hall–Kier alpha value is -1.80. The largest absolute Gasteiger partial charge is 0.438 e. The van der Waals surface area contributed by atoms with E-state index in [2.05, 4.69) is 4.98 Å². The third-order valence-corrected chi connectivity index (χ3v) is 4.70. The second kappa shape index (κ2) is 6.01. The van der Waals surface area contributed by atoms with E-state index in [4.69, 9.17) is 15.4 Å². The molecule has 0 aliphatic rings. The zero-order chi connectivity index (χ0) is 17.4. The molecule has 0 N–H and O–H groups in total. The van der Waals surface area contributed by atoms with Gasteiger partial charge in [0.15, 0.2) is 0 Å². The minimum atomic E-state index is -4.62. The van der Waals surface area contributed by atoms with Crippen LogP contribution >= 0.6 is 10.7 Å². The lowest BCUT2D eigenvalue weighted by Gasteiger charge is -2.15. The van der Waals surface area contributed by atoms with Gasteiger partial charge in [0.25, 0.3) is 9.05 Å². The molecular formula is C14H11ClF3NO3S. The highest BCUT2D eigenvalue weighted by atomic mass is 35.7. The summed E-state index contributed by atoms with van der Waals surface area (Å²) in [5.74, 6) is -0.542. The number of ether oxygens (including phenoxy) is 1. The highest BCUT2D eigenvalue weighted by Gasteiger charge is 2.35. The molecule has 0 saturated carbocycles. The first-order chi connectivity index (χ1) is 10.5. The maximum atomic E-state index is 12.9. The number of halogens is 4. The Kier molecular flexibility index (Phi) is 4.59. The first-order valence-electron chi connectivity index (χ1n) is 6.26. The molecule has 0 unspecified atom stereocenters. The van der Waals surface area contributed by atoms with Crippen molar-refractivity contribution in [1.82, 2.24) is 4.98 Å². The number of pyridine rings is 1. The summed E-state index contributed by atoms with van der Waals surface area (Å²) in [4.78, 5) is 3.47. The van der Waals surface area contributed by atoms with E-state index in [1.807, 2.05) is 0 Å². The van der Waals surface area contributed by atoms with Crippen LogP contribution in [0.15, 0.2) is 35.4 Å². The van der Waals surface area contributed by atoms with Crippen molar-refractivity contribution < 1.29 is 26.3 Å². The van der Waals surface area contributed by atoms with Gasteiger partial charge in [-0.2, -0.15) is 13.2 Å². The van der Waals surface area contributed by atoms with Crippen LogP contribution in [-0.2, 0) is 15.2 Å². The number of hydrogen-bond acceptors (Lipinski definition) is 4. The van der Waals surface area contributed by atoms with Gasteiger partial charge in [-0.15, -0.1) is 0 Å². The van der Waals surface area contributed by atoms with E-state index in [0.717, 1.165) is 12.1 Å². The summed E-state index contributed by atoms with van der Waals surface area (Å²) in [6.07, 6.45) is -3.45. The van der Waals surface area contributed by atoms with E-state index in [1.54, 1.807) is 0 Å². The van der Waals surface area contributed by atoms with Crippen molar-refractivity contribution in [1.29, 1.82) is 0 Å². The zero-order valence-electron chi connectivity index (χ0n) is 12.0. The molecule has 4 nitrogen and oxygen atoms in total. The van der Waals surface area contributed by atoms with Crippen molar-refractivity contribution in [3.05, 3.63) is 47.2 Å². The Morgan fingerprint density at radius 3 is 2.35 bits per heavy atom. The summed E-state index contributed by atoms with van der Waals surface area (Å²) in [6.45, 7) is 3.01. The SMILES string of the molecule is Cc1c(Oc2ncccc2C(F)(F)F)ccc(S(=O)(=O)Cl)c1C. The number of aromatic nitrogens is 1. The summed E-state index contributed by atoms with van der Waals surface area (Å²) < 4.78 is 66.9. The van der Waals surface area contributed by atoms with Gasteiger partial charge in [0, 0.05) is 16.9 Å². The number of rotatable bonds is 3. The van der Waals surface area contributed by atoms with Crippen LogP contribution in [0.5, 0.6) is 11.6 Å². The molecule has 1 aromatic carbocycles. The fraction of sp³-hybridized carbons (Fsp3) is 0.214. The van der Waals surface area contributed by atoms with Gasteiger partial charge >= 0.3 is 6.18 Å². The van der Waals surface area contributed by atoms with Crippen molar-refractivity contribution in [2.24, 2.45) is 0 Å². The minimum Gasteiger partial charge on any atom is -0.438 e. The summed E-state index contributed by atoms with van der Waals surface area (Å²) in [5.41, 5.74) is -0.376. The van der Waals surface area contributed by atoms with Crippen LogP contribution in [0.25, 0.3) is 0 Å². The normalized spacial score (nSPS) is 12.3. The molecule has 1 heterocycles. The van der Waals surface area contributed by atoms with Crippen LogP contribution in [-0.4, -0.2) is 13.4 Å². The van der Waals surface area contributed by atoms with Gasteiger partial charge in [-0.3, -0.25) is 0 Å². The van der Waals surface area contributed by atoms with Crippen LogP contribution in [0.2, 0.25) is 0 Å². The molecule has 0 saturated heterocycles. The highest BCUT2D eigenvalue weighted by molar-refractivity contribution is 8.13. The Balaban J connectivity index is 2.50. The lowest BCUT2D eigenvalue weighted by atomic mass is 10.1. The number of alkyl halides is 3. The molecule has 0 aliphatic heterocycles. The van der Waals surface area contributed by atoms with Crippen LogP contribution in [0.3, 0.4) is 0 Å². The summed E-state index contributed by atoms with van der Waals surface area (Å²) in [7, 11) is 1.35. The van der Waals surface area contributed by atoms with Gasteiger partial charge in [0.2, 0.25) is 5.88 Å². The van der Waals surface area contributed by atoms with Gasteiger partial charge in [0.1, 0.15) is 11.3 Å². The average molecular weight is 366 g/mol. The zero-order valence-corrected chi connectivity index (χ0v) is 13.6. The van der Waals surface area contributed by atoms with Gasteiger partial charge in [0.05, 0.1) is 4.90 Å². The molecule has 0 bridgehead atoms. The van der Waals surface area contributed by atoms with Crippen molar-refractivity contribution in [3.63, 3.8) is 0 Å². The van der Waals surface area contributed by atoms with Crippen molar-refractivity contribution >= 4 is 19.7 Å².